The SMILES string of the molecule is CNC(=O)[C@@H](NC(=O)C(C(C)C)N(C)C)C(C)C. The number of nitrogens with one attached hydrogen (secondary N) is 2. The summed E-state index contributed by atoms with van der Waals surface area (Å²) < 4.78 is 0. The van der Waals surface area contributed by atoms with Crippen molar-refractivity contribution in [3.8, 4) is 0 Å². The minimum absolute atomic E-state index is 0.0591. The predicted octanol–water partition coefficient (Wildman–Crippen LogP) is 0.459. The summed E-state index contributed by atoms with van der Waals surface area (Å²) in [4.78, 5) is 25.8. The van der Waals surface area contributed by atoms with E-state index in [-0.39, 0.29) is 29.7 Å². The van der Waals surface area contributed by atoms with Crippen LogP contribution in [0.2, 0.25) is 0 Å². The number of carbonyl (C=O) groups is 2. The highest BCUT2D eigenvalue weighted by molar-refractivity contribution is 5.89. The van der Waals surface area contributed by atoms with Gasteiger partial charge >= 0.3 is 0 Å². The zero-order valence-electron chi connectivity index (χ0n) is 12.6. The fourth-order valence-corrected chi connectivity index (χ4v) is 2.06. The summed E-state index contributed by atoms with van der Waals surface area (Å²) >= 11 is 0. The van der Waals surface area contributed by atoms with E-state index >= 15 is 0 Å². The molecule has 5 heteroatoms. The van der Waals surface area contributed by atoms with Gasteiger partial charge in [-0.05, 0) is 25.9 Å². The number of hydrogen-bond acceptors (Lipinski definition) is 3. The van der Waals surface area contributed by atoms with E-state index in [0.29, 0.717) is 0 Å². The number of likely N-dealkylation sites (N-methyl/N-ethyl adjacent to an activating group) is 2. The van der Waals surface area contributed by atoms with Crippen molar-refractivity contribution in [2.45, 2.75) is 39.8 Å². The molecular weight excluding hydrogens is 230 g/mol. The van der Waals surface area contributed by atoms with E-state index in [0.717, 1.165) is 0 Å². The normalized spacial score (nSPS) is 14.8. The molecule has 0 bridgehead atoms. The molecule has 5 nitrogen and oxygen atoms in total. The summed E-state index contributed by atoms with van der Waals surface area (Å²) in [6, 6.07) is -0.709. The summed E-state index contributed by atoms with van der Waals surface area (Å²) in [5.74, 6) is -0.00159. The minimum Gasteiger partial charge on any atom is -0.357 e. The highest BCUT2D eigenvalue weighted by Gasteiger charge is 2.29. The lowest BCUT2D eigenvalue weighted by Gasteiger charge is -2.29. The van der Waals surface area contributed by atoms with Crippen molar-refractivity contribution in [2.24, 2.45) is 11.8 Å². The van der Waals surface area contributed by atoms with Gasteiger partial charge in [0.25, 0.3) is 0 Å². The van der Waals surface area contributed by atoms with Crippen LogP contribution in [0.1, 0.15) is 27.7 Å². The van der Waals surface area contributed by atoms with Gasteiger partial charge in [-0.2, -0.15) is 0 Å². The molecule has 0 aromatic heterocycles. The van der Waals surface area contributed by atoms with Crippen molar-refractivity contribution in [1.29, 1.82) is 0 Å². The van der Waals surface area contributed by atoms with Gasteiger partial charge in [0, 0.05) is 7.05 Å². The van der Waals surface area contributed by atoms with Crippen LogP contribution in [0.25, 0.3) is 0 Å². The van der Waals surface area contributed by atoms with Crippen LogP contribution >= 0.6 is 0 Å². The van der Waals surface area contributed by atoms with E-state index in [1.54, 1.807) is 7.05 Å². The lowest BCUT2D eigenvalue weighted by Crippen LogP contribution is -2.55. The van der Waals surface area contributed by atoms with Gasteiger partial charge in [0.1, 0.15) is 6.04 Å². The number of nitrogens with zero attached hydrogens (tertiary/aromatic N) is 1. The summed E-state index contributed by atoms with van der Waals surface area (Å²) in [6.45, 7) is 7.82. The van der Waals surface area contributed by atoms with Crippen molar-refractivity contribution >= 4 is 11.8 Å². The molecule has 0 fully saturated rings. The number of rotatable bonds is 6. The Morgan fingerprint density at radius 2 is 1.44 bits per heavy atom. The third kappa shape index (κ3) is 4.64. The van der Waals surface area contributed by atoms with Crippen LogP contribution in [0.15, 0.2) is 0 Å². The Morgan fingerprint density at radius 3 is 1.72 bits per heavy atom. The first kappa shape index (κ1) is 16.9. The third-order valence-electron chi connectivity index (χ3n) is 2.95. The van der Waals surface area contributed by atoms with Crippen molar-refractivity contribution in [1.82, 2.24) is 15.5 Å². The molecule has 0 saturated heterocycles. The largest absolute Gasteiger partial charge is 0.357 e. The van der Waals surface area contributed by atoms with Crippen molar-refractivity contribution < 1.29 is 9.59 Å². The topological polar surface area (TPSA) is 61.4 Å². The molecule has 0 aromatic carbocycles. The van der Waals surface area contributed by atoms with Gasteiger partial charge in [-0.1, -0.05) is 27.7 Å². The van der Waals surface area contributed by atoms with E-state index in [1.807, 2.05) is 46.7 Å². The molecular formula is C13H27N3O2. The van der Waals surface area contributed by atoms with Gasteiger partial charge in [0.05, 0.1) is 6.04 Å². The first-order valence-corrected chi connectivity index (χ1v) is 6.40. The highest BCUT2D eigenvalue weighted by atomic mass is 16.2. The molecule has 0 aliphatic carbocycles. The Labute approximate surface area is 110 Å². The van der Waals surface area contributed by atoms with Crippen LogP contribution < -0.4 is 10.6 Å². The molecule has 0 aliphatic heterocycles. The number of hydrogen-bond donors (Lipinski definition) is 2. The maximum atomic E-state index is 12.2. The molecule has 2 amide bonds. The quantitative estimate of drug-likeness (QED) is 0.726. The van der Waals surface area contributed by atoms with E-state index in [2.05, 4.69) is 10.6 Å². The molecule has 0 heterocycles. The van der Waals surface area contributed by atoms with Crippen LogP contribution in [0.3, 0.4) is 0 Å². The zero-order valence-corrected chi connectivity index (χ0v) is 12.6. The van der Waals surface area contributed by atoms with Crippen LogP contribution in [0, 0.1) is 11.8 Å². The Balaban J connectivity index is 4.82. The monoisotopic (exact) mass is 257 g/mol. The van der Waals surface area contributed by atoms with Crippen molar-refractivity contribution in [3.63, 3.8) is 0 Å². The van der Waals surface area contributed by atoms with E-state index in [1.165, 1.54) is 0 Å². The van der Waals surface area contributed by atoms with Gasteiger partial charge in [0.2, 0.25) is 11.8 Å². The molecule has 0 radical (unpaired) electrons. The predicted molar refractivity (Wildman–Crippen MR) is 73.1 cm³/mol. The van der Waals surface area contributed by atoms with Crippen molar-refractivity contribution in [2.75, 3.05) is 21.1 Å². The fourth-order valence-electron chi connectivity index (χ4n) is 2.06. The van der Waals surface area contributed by atoms with Gasteiger partial charge in [0.15, 0.2) is 0 Å². The maximum absolute atomic E-state index is 12.2. The molecule has 106 valence electrons. The van der Waals surface area contributed by atoms with Gasteiger partial charge in [-0.3, -0.25) is 14.5 Å². The minimum atomic E-state index is -0.483. The molecule has 2 N–H and O–H groups in total. The number of amides is 2. The van der Waals surface area contributed by atoms with Gasteiger partial charge < -0.3 is 10.6 Å². The second kappa shape index (κ2) is 7.36. The second-order valence-electron chi connectivity index (χ2n) is 5.50. The zero-order chi connectivity index (χ0) is 14.5. The van der Waals surface area contributed by atoms with Gasteiger partial charge in [-0.25, -0.2) is 0 Å². The Kier molecular flexibility index (Phi) is 6.91. The summed E-state index contributed by atoms with van der Waals surface area (Å²) in [5.41, 5.74) is 0. The number of carbonyl (C=O) groups excluding carboxylic acids is 2. The Bertz CT molecular complexity index is 280. The average Bonchev–Trinajstić information content (AvgIpc) is 2.23. The smallest absolute Gasteiger partial charge is 0.242 e. The van der Waals surface area contributed by atoms with Crippen LogP contribution in [0.4, 0.5) is 0 Å². The first-order chi connectivity index (χ1) is 8.22. The third-order valence-corrected chi connectivity index (χ3v) is 2.95. The second-order valence-corrected chi connectivity index (χ2v) is 5.50. The lowest BCUT2D eigenvalue weighted by molar-refractivity contribution is -0.133. The highest BCUT2D eigenvalue weighted by Crippen LogP contribution is 2.09. The summed E-state index contributed by atoms with van der Waals surface area (Å²) in [7, 11) is 5.32. The van der Waals surface area contributed by atoms with E-state index in [4.69, 9.17) is 0 Å². The molecule has 1 unspecified atom stereocenters. The summed E-state index contributed by atoms with van der Waals surface area (Å²) in [5, 5.41) is 5.42. The molecule has 0 spiro atoms. The maximum Gasteiger partial charge on any atom is 0.242 e. The standard InChI is InChI=1S/C13H27N3O2/c1-8(2)10(12(17)14-5)15-13(18)11(9(3)4)16(6)7/h8-11H,1-7H3,(H,14,17)(H,15,18)/t10-,11?/m0/s1. The Morgan fingerprint density at radius 1 is 0.944 bits per heavy atom. The lowest BCUT2D eigenvalue weighted by atomic mass is 9.99. The Hall–Kier alpha value is -1.10. The van der Waals surface area contributed by atoms with E-state index < -0.39 is 6.04 Å². The molecule has 0 saturated carbocycles. The van der Waals surface area contributed by atoms with Crippen LogP contribution in [0.5, 0.6) is 0 Å². The molecule has 2 atom stereocenters. The van der Waals surface area contributed by atoms with Crippen LogP contribution in [-0.2, 0) is 9.59 Å². The molecule has 0 aliphatic rings. The molecule has 0 rings (SSSR count). The summed E-state index contributed by atoms with van der Waals surface area (Å²) in [6.07, 6.45) is 0. The van der Waals surface area contributed by atoms with Crippen molar-refractivity contribution in [3.05, 3.63) is 0 Å². The fraction of sp³-hybridized carbons (Fsp3) is 0.846. The molecule has 18 heavy (non-hydrogen) atoms. The van der Waals surface area contributed by atoms with Crippen LogP contribution in [-0.4, -0.2) is 49.9 Å². The van der Waals surface area contributed by atoms with E-state index in [9.17, 15) is 9.59 Å². The molecule has 0 aromatic rings. The van der Waals surface area contributed by atoms with Gasteiger partial charge in [-0.15, -0.1) is 0 Å². The first-order valence-electron chi connectivity index (χ1n) is 6.40. The average molecular weight is 257 g/mol.